The average Bonchev–Trinajstić information content (AvgIpc) is 2.65. The maximum Gasteiger partial charge on any atom is 0.344 e. The molecule has 0 spiro atoms. The van der Waals surface area contributed by atoms with Gasteiger partial charge in [0.05, 0.1) is 6.04 Å². The van der Waals surface area contributed by atoms with Crippen LogP contribution in [0.4, 0.5) is 0 Å². The van der Waals surface area contributed by atoms with Crippen molar-refractivity contribution < 1.29 is 23.9 Å². The van der Waals surface area contributed by atoms with Gasteiger partial charge in [-0.05, 0) is 31.5 Å². The van der Waals surface area contributed by atoms with Gasteiger partial charge in [-0.1, -0.05) is 42.5 Å². The second kappa shape index (κ2) is 9.36. The van der Waals surface area contributed by atoms with E-state index >= 15 is 0 Å². The lowest BCUT2D eigenvalue weighted by Gasteiger charge is -2.14. The number of ether oxygens (including phenoxy) is 2. The zero-order chi connectivity index (χ0) is 18.9. The van der Waals surface area contributed by atoms with E-state index in [2.05, 4.69) is 5.32 Å². The fourth-order valence-corrected chi connectivity index (χ4v) is 2.24. The Balaban J connectivity index is 1.73. The molecule has 0 saturated heterocycles. The fraction of sp³-hybridized carbons (Fsp3) is 0.250. The first-order valence-electron chi connectivity index (χ1n) is 8.19. The lowest BCUT2D eigenvalue weighted by Crippen LogP contribution is -2.31. The van der Waals surface area contributed by atoms with Gasteiger partial charge in [-0.15, -0.1) is 0 Å². The van der Waals surface area contributed by atoms with E-state index in [0.29, 0.717) is 11.3 Å². The van der Waals surface area contributed by atoms with Crippen molar-refractivity contribution in [2.75, 3.05) is 13.2 Å². The number of benzene rings is 2. The molecule has 136 valence electrons. The van der Waals surface area contributed by atoms with Crippen molar-refractivity contribution in [3.05, 3.63) is 65.7 Å². The number of hydrogen-bond acceptors (Lipinski definition) is 5. The molecule has 0 unspecified atom stereocenters. The summed E-state index contributed by atoms with van der Waals surface area (Å²) in [5.41, 5.74) is 1.45. The van der Waals surface area contributed by atoms with Crippen LogP contribution in [0, 0.1) is 0 Å². The Kier molecular flexibility index (Phi) is 6.91. The summed E-state index contributed by atoms with van der Waals surface area (Å²) in [6, 6.07) is 15.8. The molecule has 26 heavy (non-hydrogen) atoms. The molecule has 6 heteroatoms. The van der Waals surface area contributed by atoms with Gasteiger partial charge < -0.3 is 14.8 Å². The predicted octanol–water partition coefficient (Wildman–Crippen LogP) is 2.69. The van der Waals surface area contributed by atoms with Gasteiger partial charge in [0.2, 0.25) is 0 Å². The minimum atomic E-state index is -0.666. The lowest BCUT2D eigenvalue weighted by molar-refractivity contribution is -0.150. The molecule has 2 rings (SSSR count). The number of nitrogens with one attached hydrogen (secondary N) is 1. The summed E-state index contributed by atoms with van der Waals surface area (Å²) in [6.45, 7) is 2.57. The van der Waals surface area contributed by atoms with E-state index in [1.165, 1.54) is 6.92 Å². The van der Waals surface area contributed by atoms with Crippen molar-refractivity contribution in [3.63, 3.8) is 0 Å². The largest absolute Gasteiger partial charge is 0.482 e. The summed E-state index contributed by atoms with van der Waals surface area (Å²) in [7, 11) is 0. The van der Waals surface area contributed by atoms with Crippen LogP contribution in [-0.2, 0) is 14.3 Å². The van der Waals surface area contributed by atoms with Gasteiger partial charge in [0.1, 0.15) is 5.75 Å². The van der Waals surface area contributed by atoms with E-state index < -0.39 is 11.9 Å². The van der Waals surface area contributed by atoms with Gasteiger partial charge in [-0.3, -0.25) is 9.59 Å². The predicted molar refractivity (Wildman–Crippen MR) is 95.9 cm³/mol. The Hall–Kier alpha value is -3.15. The van der Waals surface area contributed by atoms with Crippen LogP contribution in [0.1, 0.15) is 35.8 Å². The van der Waals surface area contributed by atoms with Crippen molar-refractivity contribution in [1.82, 2.24) is 5.32 Å². The first-order valence-corrected chi connectivity index (χ1v) is 8.19. The number of amides is 1. The topological polar surface area (TPSA) is 81.7 Å². The van der Waals surface area contributed by atoms with Crippen LogP contribution in [0.25, 0.3) is 0 Å². The summed E-state index contributed by atoms with van der Waals surface area (Å²) >= 11 is 0. The molecule has 0 aliphatic heterocycles. The minimum absolute atomic E-state index is 0.0952. The van der Waals surface area contributed by atoms with E-state index in [1.807, 2.05) is 37.3 Å². The molecule has 0 bridgehead atoms. The van der Waals surface area contributed by atoms with Crippen LogP contribution in [-0.4, -0.2) is 30.9 Å². The molecule has 2 aromatic rings. The molecule has 0 fully saturated rings. The second-order valence-electron chi connectivity index (χ2n) is 5.73. The summed E-state index contributed by atoms with van der Waals surface area (Å²) in [5.74, 6) is -0.770. The Morgan fingerprint density at radius 3 is 2.42 bits per heavy atom. The maximum atomic E-state index is 11.9. The Morgan fingerprint density at radius 2 is 1.73 bits per heavy atom. The zero-order valence-corrected chi connectivity index (χ0v) is 14.7. The average molecular weight is 355 g/mol. The molecule has 1 N–H and O–H groups in total. The highest BCUT2D eigenvalue weighted by molar-refractivity contribution is 5.94. The third kappa shape index (κ3) is 6.05. The first kappa shape index (κ1) is 19.2. The van der Waals surface area contributed by atoms with E-state index in [1.54, 1.807) is 24.3 Å². The number of carbonyl (C=O) groups is 3. The summed E-state index contributed by atoms with van der Waals surface area (Å²) < 4.78 is 10.2. The molecule has 6 nitrogen and oxygen atoms in total. The molecule has 0 aliphatic carbocycles. The lowest BCUT2D eigenvalue weighted by atomic mass is 10.1. The number of esters is 1. The van der Waals surface area contributed by atoms with E-state index in [4.69, 9.17) is 9.47 Å². The van der Waals surface area contributed by atoms with Gasteiger partial charge in [0, 0.05) is 5.56 Å². The van der Waals surface area contributed by atoms with Crippen LogP contribution < -0.4 is 10.1 Å². The Labute approximate surface area is 152 Å². The van der Waals surface area contributed by atoms with Crippen molar-refractivity contribution >= 4 is 17.7 Å². The first-order chi connectivity index (χ1) is 12.5. The summed E-state index contributed by atoms with van der Waals surface area (Å²) in [6.07, 6.45) is 0. The van der Waals surface area contributed by atoms with E-state index in [9.17, 15) is 14.4 Å². The quantitative estimate of drug-likeness (QED) is 0.582. The van der Waals surface area contributed by atoms with Gasteiger partial charge >= 0.3 is 5.97 Å². The second-order valence-corrected chi connectivity index (χ2v) is 5.73. The highest BCUT2D eigenvalue weighted by Gasteiger charge is 2.12. The minimum Gasteiger partial charge on any atom is -0.482 e. The highest BCUT2D eigenvalue weighted by atomic mass is 16.6. The van der Waals surface area contributed by atoms with E-state index in [0.717, 1.165) is 5.56 Å². The smallest absolute Gasteiger partial charge is 0.344 e. The summed E-state index contributed by atoms with van der Waals surface area (Å²) in [5, 5.41) is 2.75. The molecular formula is C20H21NO5. The van der Waals surface area contributed by atoms with Crippen molar-refractivity contribution in [2.24, 2.45) is 0 Å². The van der Waals surface area contributed by atoms with Gasteiger partial charge in [-0.2, -0.15) is 0 Å². The molecule has 0 aromatic heterocycles. The number of hydrogen-bond donors (Lipinski definition) is 1. The maximum absolute atomic E-state index is 11.9. The van der Waals surface area contributed by atoms with Crippen molar-refractivity contribution in [2.45, 2.75) is 19.9 Å². The number of ketones is 1. The van der Waals surface area contributed by atoms with E-state index in [-0.39, 0.29) is 25.0 Å². The molecule has 2 aromatic carbocycles. The Morgan fingerprint density at radius 1 is 1.00 bits per heavy atom. The standard InChI is InChI=1S/C20H21NO5/c1-14(16-7-4-3-5-8-16)21-19(23)12-26-20(24)13-25-18-10-6-9-17(11-18)15(2)22/h3-11,14H,12-13H2,1-2H3,(H,21,23)/t14-/m0/s1. The Bertz CT molecular complexity index is 773. The van der Waals surface area contributed by atoms with Gasteiger partial charge in [0.15, 0.2) is 19.0 Å². The van der Waals surface area contributed by atoms with Crippen molar-refractivity contribution in [1.29, 1.82) is 0 Å². The molecule has 1 atom stereocenters. The van der Waals surface area contributed by atoms with Crippen LogP contribution in [0.3, 0.4) is 0 Å². The van der Waals surface area contributed by atoms with Gasteiger partial charge in [-0.25, -0.2) is 4.79 Å². The number of Topliss-reactive ketones (excluding diaryl/α,β-unsaturated/α-hetero) is 1. The molecule has 1 amide bonds. The third-order valence-electron chi connectivity index (χ3n) is 3.64. The zero-order valence-electron chi connectivity index (χ0n) is 14.7. The molecular weight excluding hydrogens is 334 g/mol. The molecule has 0 heterocycles. The molecule has 0 saturated carbocycles. The summed E-state index contributed by atoms with van der Waals surface area (Å²) in [4.78, 5) is 34.9. The van der Waals surface area contributed by atoms with Crippen LogP contribution in [0.15, 0.2) is 54.6 Å². The monoisotopic (exact) mass is 355 g/mol. The fourth-order valence-electron chi connectivity index (χ4n) is 2.24. The van der Waals surface area contributed by atoms with Crippen LogP contribution in [0.2, 0.25) is 0 Å². The number of rotatable bonds is 8. The highest BCUT2D eigenvalue weighted by Crippen LogP contribution is 2.14. The van der Waals surface area contributed by atoms with Gasteiger partial charge in [0.25, 0.3) is 5.91 Å². The number of carbonyl (C=O) groups excluding carboxylic acids is 3. The normalized spacial score (nSPS) is 11.3. The van der Waals surface area contributed by atoms with Crippen LogP contribution >= 0.6 is 0 Å². The molecule has 0 radical (unpaired) electrons. The SMILES string of the molecule is CC(=O)c1cccc(OCC(=O)OCC(=O)N[C@@H](C)c2ccccc2)c1. The van der Waals surface area contributed by atoms with Crippen LogP contribution in [0.5, 0.6) is 5.75 Å². The van der Waals surface area contributed by atoms with Crippen molar-refractivity contribution in [3.8, 4) is 5.75 Å². The third-order valence-corrected chi connectivity index (χ3v) is 3.64. The molecule has 0 aliphatic rings.